The minimum absolute atomic E-state index is 0.0866. The van der Waals surface area contributed by atoms with Gasteiger partial charge in [0.2, 0.25) is 5.91 Å². The van der Waals surface area contributed by atoms with Crippen LogP contribution in [0.2, 0.25) is 0 Å². The fourth-order valence-electron chi connectivity index (χ4n) is 1.37. The molecular formula is C12H18Br2N2OS. The van der Waals surface area contributed by atoms with Crippen molar-refractivity contribution in [3.05, 3.63) is 19.2 Å². The summed E-state index contributed by atoms with van der Waals surface area (Å²) in [5.74, 6) is 0.0866. The Labute approximate surface area is 129 Å². The van der Waals surface area contributed by atoms with Gasteiger partial charge in [0.25, 0.3) is 0 Å². The number of hydrogen-bond donors (Lipinski definition) is 2. The van der Waals surface area contributed by atoms with E-state index in [0.29, 0.717) is 13.0 Å². The van der Waals surface area contributed by atoms with Gasteiger partial charge in [-0.1, -0.05) is 0 Å². The Hall–Kier alpha value is 0.0900. The third kappa shape index (κ3) is 6.31. The molecule has 2 N–H and O–H groups in total. The molecule has 0 aliphatic heterocycles. The lowest BCUT2D eigenvalue weighted by atomic mass is 10.1. The molecule has 3 nitrogen and oxygen atoms in total. The van der Waals surface area contributed by atoms with E-state index in [-0.39, 0.29) is 11.4 Å². The van der Waals surface area contributed by atoms with Crippen LogP contribution in [0.1, 0.15) is 32.1 Å². The number of thiophene rings is 1. The average molecular weight is 398 g/mol. The van der Waals surface area contributed by atoms with Crippen LogP contribution in [0.15, 0.2) is 14.3 Å². The summed E-state index contributed by atoms with van der Waals surface area (Å²) < 4.78 is 2.18. The van der Waals surface area contributed by atoms with Crippen molar-refractivity contribution in [1.29, 1.82) is 0 Å². The van der Waals surface area contributed by atoms with Crippen LogP contribution in [0, 0.1) is 0 Å². The molecule has 1 rings (SSSR count). The van der Waals surface area contributed by atoms with Crippen LogP contribution in [0.3, 0.4) is 0 Å². The molecule has 0 saturated heterocycles. The Kier molecular flexibility index (Phi) is 6.30. The molecule has 1 aromatic heterocycles. The Morgan fingerprint density at radius 1 is 1.39 bits per heavy atom. The summed E-state index contributed by atoms with van der Waals surface area (Å²) in [6.07, 6.45) is 0.505. The van der Waals surface area contributed by atoms with Gasteiger partial charge < -0.3 is 10.6 Å². The van der Waals surface area contributed by atoms with Crippen molar-refractivity contribution in [1.82, 2.24) is 10.6 Å². The minimum atomic E-state index is -0.152. The maximum atomic E-state index is 11.6. The first-order valence-electron chi connectivity index (χ1n) is 5.73. The van der Waals surface area contributed by atoms with Gasteiger partial charge in [-0.3, -0.25) is 4.79 Å². The van der Waals surface area contributed by atoms with Gasteiger partial charge in [0.1, 0.15) is 0 Å². The van der Waals surface area contributed by atoms with Gasteiger partial charge >= 0.3 is 0 Å². The minimum Gasteiger partial charge on any atom is -0.351 e. The highest BCUT2D eigenvalue weighted by atomic mass is 79.9. The summed E-state index contributed by atoms with van der Waals surface area (Å²) in [6.45, 7) is 7.43. The Bertz CT molecular complexity index is 393. The molecule has 0 radical (unpaired) electrons. The molecule has 0 spiro atoms. The maximum Gasteiger partial charge on any atom is 0.221 e. The highest BCUT2D eigenvalue weighted by Gasteiger charge is 2.12. The van der Waals surface area contributed by atoms with Gasteiger partial charge in [-0.25, -0.2) is 0 Å². The molecule has 0 fully saturated rings. The highest BCUT2D eigenvalue weighted by Crippen LogP contribution is 2.32. The predicted molar refractivity (Wildman–Crippen MR) is 83.9 cm³/mol. The van der Waals surface area contributed by atoms with Crippen LogP contribution in [-0.4, -0.2) is 18.0 Å². The van der Waals surface area contributed by atoms with Crippen molar-refractivity contribution in [3.8, 4) is 0 Å². The lowest BCUT2D eigenvalue weighted by Gasteiger charge is -2.20. The second-order valence-electron chi connectivity index (χ2n) is 5.06. The number of nitrogens with one attached hydrogen (secondary N) is 2. The van der Waals surface area contributed by atoms with Crippen molar-refractivity contribution in [2.75, 3.05) is 6.54 Å². The molecule has 0 aromatic carbocycles. The number of rotatable bonds is 5. The molecular weight excluding hydrogens is 380 g/mol. The van der Waals surface area contributed by atoms with Crippen molar-refractivity contribution < 1.29 is 4.79 Å². The lowest BCUT2D eigenvalue weighted by molar-refractivity contribution is -0.122. The number of carbonyl (C=O) groups is 1. The fraction of sp³-hybridized carbons (Fsp3) is 0.583. The summed E-state index contributed by atoms with van der Waals surface area (Å²) >= 11 is 8.60. The topological polar surface area (TPSA) is 41.1 Å². The summed E-state index contributed by atoms with van der Waals surface area (Å²) in [4.78, 5) is 12.8. The van der Waals surface area contributed by atoms with Crippen LogP contribution in [0.5, 0.6) is 0 Å². The quantitative estimate of drug-likeness (QED) is 0.744. The second-order valence-corrected chi connectivity index (χ2v) is 8.37. The third-order valence-electron chi connectivity index (χ3n) is 2.04. The second kappa shape index (κ2) is 7.03. The van der Waals surface area contributed by atoms with Crippen LogP contribution >= 0.6 is 43.2 Å². The lowest BCUT2D eigenvalue weighted by Crippen LogP contribution is -2.41. The number of halogens is 2. The van der Waals surface area contributed by atoms with E-state index < -0.39 is 0 Å². The van der Waals surface area contributed by atoms with E-state index in [2.05, 4.69) is 48.6 Å². The monoisotopic (exact) mass is 396 g/mol. The zero-order chi connectivity index (χ0) is 13.8. The molecule has 0 saturated carbocycles. The molecule has 1 aromatic rings. The van der Waals surface area contributed by atoms with Crippen LogP contribution in [0.4, 0.5) is 0 Å². The molecule has 0 aliphatic rings. The SMILES string of the molecule is CC(C)(C)NC(=O)CCNCc1cc(Br)c(Br)s1. The van der Waals surface area contributed by atoms with Gasteiger partial charge in [0.15, 0.2) is 0 Å². The molecule has 1 heterocycles. The molecule has 102 valence electrons. The van der Waals surface area contributed by atoms with Crippen molar-refractivity contribution in [3.63, 3.8) is 0 Å². The highest BCUT2D eigenvalue weighted by molar-refractivity contribution is 9.13. The molecule has 6 heteroatoms. The van der Waals surface area contributed by atoms with Gasteiger partial charge in [0.05, 0.1) is 3.79 Å². The molecule has 1 amide bonds. The predicted octanol–water partition coefficient (Wildman–Crippen LogP) is 3.67. The first-order chi connectivity index (χ1) is 8.28. The standard InChI is InChI=1S/C12H18Br2N2OS/c1-12(2,3)16-10(17)4-5-15-7-8-6-9(13)11(14)18-8/h6,15H,4-5,7H2,1-3H3,(H,16,17). The zero-order valence-corrected chi connectivity index (χ0v) is 14.8. The zero-order valence-electron chi connectivity index (χ0n) is 10.8. The van der Waals surface area contributed by atoms with Crippen LogP contribution in [0.25, 0.3) is 0 Å². The molecule has 0 unspecified atom stereocenters. The van der Waals surface area contributed by atoms with Gasteiger partial charge in [-0.15, -0.1) is 11.3 Å². The van der Waals surface area contributed by atoms with Crippen LogP contribution in [-0.2, 0) is 11.3 Å². The smallest absolute Gasteiger partial charge is 0.221 e. The Balaban J connectivity index is 2.21. The number of hydrogen-bond acceptors (Lipinski definition) is 3. The van der Waals surface area contributed by atoms with E-state index in [0.717, 1.165) is 14.8 Å². The summed E-state index contributed by atoms with van der Waals surface area (Å²) in [5, 5.41) is 6.21. The third-order valence-corrected chi connectivity index (χ3v) is 5.29. The Morgan fingerprint density at radius 3 is 2.56 bits per heavy atom. The first-order valence-corrected chi connectivity index (χ1v) is 8.13. The number of amides is 1. The average Bonchev–Trinajstić information content (AvgIpc) is 2.51. The van der Waals surface area contributed by atoms with E-state index >= 15 is 0 Å². The van der Waals surface area contributed by atoms with E-state index in [1.54, 1.807) is 11.3 Å². The van der Waals surface area contributed by atoms with E-state index in [4.69, 9.17) is 0 Å². The molecule has 0 aliphatic carbocycles. The summed E-state index contributed by atoms with van der Waals surface area (Å²) in [5.41, 5.74) is -0.152. The number of carbonyl (C=O) groups excluding carboxylic acids is 1. The van der Waals surface area contributed by atoms with Gasteiger partial charge in [-0.05, 0) is 58.7 Å². The first kappa shape index (κ1) is 16.1. The summed E-state index contributed by atoms with van der Waals surface area (Å²) in [6, 6.07) is 2.08. The molecule has 18 heavy (non-hydrogen) atoms. The molecule has 0 atom stereocenters. The summed E-state index contributed by atoms with van der Waals surface area (Å²) in [7, 11) is 0. The van der Waals surface area contributed by atoms with Gasteiger partial charge in [0, 0.05) is 34.4 Å². The van der Waals surface area contributed by atoms with Crippen molar-refractivity contribution in [2.45, 2.75) is 39.3 Å². The van der Waals surface area contributed by atoms with Crippen molar-refractivity contribution >= 4 is 49.1 Å². The molecule has 0 bridgehead atoms. The van der Waals surface area contributed by atoms with E-state index in [1.807, 2.05) is 20.8 Å². The maximum absolute atomic E-state index is 11.6. The normalized spacial score (nSPS) is 11.6. The van der Waals surface area contributed by atoms with E-state index in [9.17, 15) is 4.79 Å². The van der Waals surface area contributed by atoms with Crippen LogP contribution < -0.4 is 10.6 Å². The largest absolute Gasteiger partial charge is 0.351 e. The van der Waals surface area contributed by atoms with Crippen molar-refractivity contribution in [2.24, 2.45) is 0 Å². The van der Waals surface area contributed by atoms with E-state index in [1.165, 1.54) is 4.88 Å². The fourth-order valence-corrected chi connectivity index (χ4v) is 3.52. The van der Waals surface area contributed by atoms with Gasteiger partial charge in [-0.2, -0.15) is 0 Å². The Morgan fingerprint density at radius 2 is 2.06 bits per heavy atom.